The molecule has 0 atom stereocenters. The minimum absolute atomic E-state index is 0.127. The summed E-state index contributed by atoms with van der Waals surface area (Å²) in [5.74, 6) is 0.127. The summed E-state index contributed by atoms with van der Waals surface area (Å²) < 4.78 is 2.01. The predicted octanol–water partition coefficient (Wildman–Crippen LogP) is 5.39. The van der Waals surface area contributed by atoms with Crippen molar-refractivity contribution in [1.82, 2.24) is 9.47 Å². The van der Waals surface area contributed by atoms with Crippen LogP contribution in [0.5, 0.6) is 0 Å². The van der Waals surface area contributed by atoms with Gasteiger partial charge >= 0.3 is 0 Å². The molecule has 0 saturated carbocycles. The van der Waals surface area contributed by atoms with E-state index >= 15 is 0 Å². The van der Waals surface area contributed by atoms with E-state index in [0.717, 1.165) is 53.5 Å². The molecule has 5 heteroatoms. The molecule has 4 rings (SSSR count). The third-order valence-electron chi connectivity index (χ3n) is 4.81. The van der Waals surface area contributed by atoms with E-state index in [9.17, 15) is 4.79 Å². The summed E-state index contributed by atoms with van der Waals surface area (Å²) in [7, 11) is 1.97. The van der Waals surface area contributed by atoms with Crippen molar-refractivity contribution in [2.75, 3.05) is 13.1 Å². The molecule has 0 spiro atoms. The Morgan fingerprint density at radius 2 is 1.64 bits per heavy atom. The zero-order valence-electron chi connectivity index (χ0n) is 13.9. The molecule has 1 fully saturated rings. The van der Waals surface area contributed by atoms with Crippen LogP contribution >= 0.6 is 23.2 Å². The van der Waals surface area contributed by atoms with E-state index in [2.05, 4.69) is 6.07 Å². The van der Waals surface area contributed by atoms with Crippen LogP contribution in [0.2, 0.25) is 10.0 Å². The number of likely N-dealkylation sites (tertiary alicyclic amines) is 1. The van der Waals surface area contributed by atoms with Gasteiger partial charge in [0.1, 0.15) is 0 Å². The van der Waals surface area contributed by atoms with E-state index in [4.69, 9.17) is 23.2 Å². The van der Waals surface area contributed by atoms with Gasteiger partial charge in [-0.25, -0.2) is 0 Å². The van der Waals surface area contributed by atoms with Gasteiger partial charge in [0, 0.05) is 47.3 Å². The number of amides is 1. The maximum absolute atomic E-state index is 12.8. The van der Waals surface area contributed by atoms with Gasteiger partial charge in [-0.1, -0.05) is 35.3 Å². The fourth-order valence-corrected chi connectivity index (χ4v) is 4.07. The smallest absolute Gasteiger partial charge is 0.256 e. The Labute approximate surface area is 156 Å². The Morgan fingerprint density at radius 3 is 2.32 bits per heavy atom. The second-order valence-electron chi connectivity index (χ2n) is 6.54. The van der Waals surface area contributed by atoms with Crippen molar-refractivity contribution >= 4 is 40.0 Å². The first-order valence-electron chi connectivity index (χ1n) is 8.38. The van der Waals surface area contributed by atoms with Crippen LogP contribution in [0.3, 0.4) is 0 Å². The predicted molar refractivity (Wildman–Crippen MR) is 104 cm³/mol. The van der Waals surface area contributed by atoms with Gasteiger partial charge in [0.2, 0.25) is 0 Å². The molecular weight excluding hydrogens is 355 g/mol. The average Bonchev–Trinajstić information content (AvgIpc) is 3.22. The number of hydrogen-bond donors (Lipinski definition) is 0. The first-order chi connectivity index (χ1) is 12.0. The van der Waals surface area contributed by atoms with Crippen molar-refractivity contribution in [3.63, 3.8) is 0 Å². The van der Waals surface area contributed by atoms with Gasteiger partial charge < -0.3 is 9.47 Å². The van der Waals surface area contributed by atoms with Gasteiger partial charge in [0.25, 0.3) is 5.91 Å². The van der Waals surface area contributed by atoms with Crippen LogP contribution in [0.15, 0.2) is 42.6 Å². The minimum atomic E-state index is 0.127. The van der Waals surface area contributed by atoms with Crippen molar-refractivity contribution in [3.05, 3.63) is 58.2 Å². The molecule has 128 valence electrons. The van der Waals surface area contributed by atoms with E-state index in [1.807, 2.05) is 47.0 Å². The zero-order chi connectivity index (χ0) is 17.6. The number of benzene rings is 2. The van der Waals surface area contributed by atoms with E-state index in [1.165, 1.54) is 0 Å². The van der Waals surface area contributed by atoms with Gasteiger partial charge in [-0.3, -0.25) is 4.79 Å². The summed E-state index contributed by atoms with van der Waals surface area (Å²) in [4.78, 5) is 14.7. The molecule has 1 aliphatic heterocycles. The van der Waals surface area contributed by atoms with Gasteiger partial charge in [-0.15, -0.1) is 0 Å². The fraction of sp³-hybridized carbons (Fsp3) is 0.250. The van der Waals surface area contributed by atoms with Crippen LogP contribution in [0.1, 0.15) is 23.2 Å². The maximum Gasteiger partial charge on any atom is 0.256 e. The lowest BCUT2D eigenvalue weighted by atomic mass is 10.0. The van der Waals surface area contributed by atoms with Crippen LogP contribution in [0.4, 0.5) is 0 Å². The number of aryl methyl sites for hydroxylation is 1. The van der Waals surface area contributed by atoms with Crippen molar-refractivity contribution < 1.29 is 4.79 Å². The molecule has 0 N–H and O–H groups in total. The third kappa shape index (κ3) is 3.03. The quantitative estimate of drug-likeness (QED) is 0.591. The van der Waals surface area contributed by atoms with Crippen LogP contribution in [-0.4, -0.2) is 28.5 Å². The largest absolute Gasteiger partial charge is 0.350 e. The lowest BCUT2D eigenvalue weighted by Gasteiger charge is -2.14. The minimum Gasteiger partial charge on any atom is -0.350 e. The second kappa shape index (κ2) is 6.40. The van der Waals surface area contributed by atoms with Crippen LogP contribution in [-0.2, 0) is 7.05 Å². The average molecular weight is 373 g/mol. The van der Waals surface area contributed by atoms with Crippen molar-refractivity contribution in [3.8, 4) is 11.1 Å². The number of carbonyl (C=O) groups excluding carboxylic acids is 1. The van der Waals surface area contributed by atoms with Gasteiger partial charge in [0.05, 0.1) is 5.56 Å². The Morgan fingerprint density at radius 1 is 0.960 bits per heavy atom. The maximum atomic E-state index is 12.8. The number of hydrogen-bond acceptors (Lipinski definition) is 1. The molecule has 0 bridgehead atoms. The molecule has 25 heavy (non-hydrogen) atoms. The highest BCUT2D eigenvalue weighted by Crippen LogP contribution is 2.31. The summed E-state index contributed by atoms with van der Waals surface area (Å²) in [6, 6.07) is 11.6. The first kappa shape index (κ1) is 16.5. The normalized spacial score (nSPS) is 14.4. The molecule has 0 aliphatic carbocycles. The second-order valence-corrected chi connectivity index (χ2v) is 7.42. The number of aromatic nitrogens is 1. The molecule has 0 unspecified atom stereocenters. The van der Waals surface area contributed by atoms with Crippen LogP contribution in [0.25, 0.3) is 22.0 Å². The highest BCUT2D eigenvalue weighted by Gasteiger charge is 2.23. The summed E-state index contributed by atoms with van der Waals surface area (Å²) in [6.45, 7) is 1.71. The molecule has 0 radical (unpaired) electrons. The number of halogens is 2. The molecular formula is C20H18Cl2N2O. The first-order valence-corrected chi connectivity index (χ1v) is 9.13. The lowest BCUT2D eigenvalue weighted by molar-refractivity contribution is 0.0794. The molecule has 1 aromatic heterocycles. The Hall–Kier alpha value is -1.97. The number of nitrogens with zero attached hydrogens (tertiary/aromatic N) is 2. The SMILES string of the molecule is Cn1cc(C(=O)N2CCCC2)c2ccc(-c3cc(Cl)cc(Cl)c3)cc21. The molecule has 1 amide bonds. The van der Waals surface area contributed by atoms with Gasteiger partial charge in [-0.2, -0.15) is 0 Å². The Kier molecular flexibility index (Phi) is 4.22. The van der Waals surface area contributed by atoms with E-state index in [1.54, 1.807) is 6.07 Å². The standard InChI is InChI=1S/C20H18Cl2N2O/c1-23-12-18(20(25)24-6-2-3-7-24)17-5-4-13(10-19(17)23)14-8-15(21)11-16(22)9-14/h4-5,8-12H,2-3,6-7H2,1H3. The monoisotopic (exact) mass is 372 g/mol. The summed E-state index contributed by atoms with van der Waals surface area (Å²) >= 11 is 12.3. The lowest BCUT2D eigenvalue weighted by Crippen LogP contribution is -2.27. The summed E-state index contributed by atoms with van der Waals surface area (Å²) in [5, 5.41) is 2.20. The molecule has 1 saturated heterocycles. The van der Waals surface area contributed by atoms with Crippen molar-refractivity contribution in [2.24, 2.45) is 7.05 Å². The summed E-state index contributed by atoms with van der Waals surface area (Å²) in [5.41, 5.74) is 3.79. The molecule has 3 aromatic rings. The van der Waals surface area contributed by atoms with Crippen molar-refractivity contribution in [1.29, 1.82) is 0 Å². The highest BCUT2D eigenvalue weighted by molar-refractivity contribution is 6.35. The number of carbonyl (C=O) groups is 1. The number of rotatable bonds is 2. The molecule has 2 heterocycles. The molecule has 2 aromatic carbocycles. The van der Waals surface area contributed by atoms with Gasteiger partial charge in [0.15, 0.2) is 0 Å². The van der Waals surface area contributed by atoms with Crippen LogP contribution in [0, 0.1) is 0 Å². The Balaban J connectivity index is 1.79. The van der Waals surface area contributed by atoms with E-state index in [0.29, 0.717) is 10.0 Å². The topological polar surface area (TPSA) is 25.2 Å². The van der Waals surface area contributed by atoms with Crippen LogP contribution < -0.4 is 0 Å². The third-order valence-corrected chi connectivity index (χ3v) is 5.25. The van der Waals surface area contributed by atoms with Crippen molar-refractivity contribution in [2.45, 2.75) is 12.8 Å². The molecule has 1 aliphatic rings. The van der Waals surface area contributed by atoms with E-state index < -0.39 is 0 Å². The zero-order valence-corrected chi connectivity index (χ0v) is 15.4. The highest BCUT2D eigenvalue weighted by atomic mass is 35.5. The van der Waals surface area contributed by atoms with E-state index in [-0.39, 0.29) is 5.91 Å². The number of fused-ring (bicyclic) bond motifs is 1. The molecule has 3 nitrogen and oxygen atoms in total. The Bertz CT molecular complexity index is 951. The van der Waals surface area contributed by atoms with Gasteiger partial charge in [-0.05, 0) is 48.2 Å². The fourth-order valence-electron chi connectivity index (χ4n) is 3.54. The summed E-state index contributed by atoms with van der Waals surface area (Å²) in [6.07, 6.45) is 4.12.